The normalized spacial score (nSPS) is 25.6. The highest BCUT2D eigenvalue weighted by molar-refractivity contribution is 5.81. The molecule has 0 bridgehead atoms. The zero-order valence-electron chi connectivity index (χ0n) is 18.2. The number of fused-ring (bicyclic) bond motifs is 2. The predicted octanol–water partition coefficient (Wildman–Crippen LogP) is 2.22. The minimum atomic E-state index is -0.512. The Kier molecular flexibility index (Phi) is 5.86. The van der Waals surface area contributed by atoms with Gasteiger partial charge in [0.15, 0.2) is 6.10 Å². The van der Waals surface area contributed by atoms with Gasteiger partial charge in [0.25, 0.3) is 5.91 Å². The number of aryl methyl sites for hydroxylation is 1. The number of nitrogens with zero attached hydrogens (tertiary/aromatic N) is 3. The summed E-state index contributed by atoms with van der Waals surface area (Å²) < 4.78 is 20.1. The smallest absolute Gasteiger partial charge is 0.251 e. The third kappa shape index (κ3) is 4.29. The molecule has 2 aromatic heterocycles. The first-order valence-electron chi connectivity index (χ1n) is 11.5. The molecule has 8 heteroatoms. The molecule has 168 valence electrons. The Hall–Kier alpha value is -2.16. The number of ether oxygens (including phenoxy) is 2. The van der Waals surface area contributed by atoms with Gasteiger partial charge >= 0.3 is 0 Å². The SMILES string of the molecule is CCc1ccc(CN2CCC3(CC2)O[C@@H](C(=O)NC[C@@H]2CCCO2)Cn2ccnc23)o1. The summed E-state index contributed by atoms with van der Waals surface area (Å²) in [6, 6.07) is 4.13. The minimum absolute atomic E-state index is 0.0562. The van der Waals surface area contributed by atoms with E-state index < -0.39 is 11.7 Å². The minimum Gasteiger partial charge on any atom is -0.465 e. The van der Waals surface area contributed by atoms with Gasteiger partial charge in [-0.1, -0.05) is 6.92 Å². The number of rotatable bonds is 6. The van der Waals surface area contributed by atoms with Crippen molar-refractivity contribution in [3.05, 3.63) is 41.9 Å². The molecular weight excluding hydrogens is 396 g/mol. The van der Waals surface area contributed by atoms with Crippen molar-refractivity contribution in [2.24, 2.45) is 0 Å². The van der Waals surface area contributed by atoms with Gasteiger partial charge in [-0.15, -0.1) is 0 Å². The van der Waals surface area contributed by atoms with E-state index in [9.17, 15) is 4.79 Å². The number of piperidine rings is 1. The van der Waals surface area contributed by atoms with Gasteiger partial charge in [0, 0.05) is 45.1 Å². The summed E-state index contributed by atoms with van der Waals surface area (Å²) in [6.45, 7) is 6.50. The number of furan rings is 1. The van der Waals surface area contributed by atoms with Crippen LogP contribution in [0.5, 0.6) is 0 Å². The topological polar surface area (TPSA) is 81.8 Å². The maximum atomic E-state index is 12.9. The summed E-state index contributed by atoms with van der Waals surface area (Å²) in [4.78, 5) is 19.9. The summed E-state index contributed by atoms with van der Waals surface area (Å²) in [7, 11) is 0. The Morgan fingerprint density at radius 3 is 2.87 bits per heavy atom. The summed E-state index contributed by atoms with van der Waals surface area (Å²) in [5.41, 5.74) is -0.512. The van der Waals surface area contributed by atoms with Gasteiger partial charge < -0.3 is 23.8 Å². The van der Waals surface area contributed by atoms with Crippen molar-refractivity contribution in [3.63, 3.8) is 0 Å². The van der Waals surface area contributed by atoms with Crippen LogP contribution in [-0.2, 0) is 39.4 Å². The average Bonchev–Trinajstić information content (AvgIpc) is 3.55. The Labute approximate surface area is 182 Å². The zero-order chi connectivity index (χ0) is 21.3. The summed E-state index contributed by atoms with van der Waals surface area (Å²) >= 11 is 0. The highest BCUT2D eigenvalue weighted by Gasteiger charge is 2.47. The molecule has 0 radical (unpaired) electrons. The van der Waals surface area contributed by atoms with E-state index in [-0.39, 0.29) is 12.0 Å². The second kappa shape index (κ2) is 8.76. The Morgan fingerprint density at radius 1 is 1.29 bits per heavy atom. The highest BCUT2D eigenvalue weighted by atomic mass is 16.5. The van der Waals surface area contributed by atoms with E-state index >= 15 is 0 Å². The fourth-order valence-corrected chi connectivity index (χ4v) is 5.00. The van der Waals surface area contributed by atoms with Crippen molar-refractivity contribution < 1.29 is 18.7 Å². The molecule has 2 atom stereocenters. The average molecular weight is 429 g/mol. The lowest BCUT2D eigenvalue weighted by atomic mass is 9.88. The fraction of sp³-hybridized carbons (Fsp3) is 0.652. The molecule has 2 fully saturated rings. The van der Waals surface area contributed by atoms with Crippen LogP contribution in [0.4, 0.5) is 0 Å². The lowest BCUT2D eigenvalue weighted by Gasteiger charge is -2.45. The molecule has 1 spiro atoms. The molecule has 2 saturated heterocycles. The first-order valence-corrected chi connectivity index (χ1v) is 11.5. The number of aromatic nitrogens is 2. The van der Waals surface area contributed by atoms with Gasteiger partial charge in [-0.3, -0.25) is 9.69 Å². The number of carbonyl (C=O) groups excluding carboxylic acids is 1. The van der Waals surface area contributed by atoms with Crippen molar-refractivity contribution >= 4 is 5.91 Å². The van der Waals surface area contributed by atoms with Crippen LogP contribution in [0.3, 0.4) is 0 Å². The third-order valence-electron chi connectivity index (χ3n) is 6.78. The Bertz CT molecular complexity index is 893. The quantitative estimate of drug-likeness (QED) is 0.760. The zero-order valence-corrected chi connectivity index (χ0v) is 18.2. The van der Waals surface area contributed by atoms with Crippen molar-refractivity contribution in [1.82, 2.24) is 19.8 Å². The lowest BCUT2D eigenvalue weighted by Crippen LogP contribution is -2.54. The number of nitrogens with one attached hydrogen (secondary N) is 1. The number of imidazole rings is 1. The monoisotopic (exact) mass is 428 g/mol. The largest absolute Gasteiger partial charge is 0.465 e. The van der Waals surface area contributed by atoms with Crippen LogP contribution in [0.2, 0.25) is 0 Å². The molecule has 1 amide bonds. The van der Waals surface area contributed by atoms with Crippen molar-refractivity contribution in [2.45, 2.75) is 69.9 Å². The van der Waals surface area contributed by atoms with Crippen LogP contribution in [0, 0.1) is 0 Å². The van der Waals surface area contributed by atoms with Crippen molar-refractivity contribution in [1.29, 1.82) is 0 Å². The number of hydrogen-bond donors (Lipinski definition) is 1. The molecule has 1 N–H and O–H groups in total. The van der Waals surface area contributed by atoms with E-state index in [4.69, 9.17) is 13.9 Å². The van der Waals surface area contributed by atoms with E-state index in [0.29, 0.717) is 13.1 Å². The first kappa shape index (κ1) is 20.7. The number of carbonyl (C=O) groups is 1. The van der Waals surface area contributed by atoms with E-state index in [1.165, 1.54) is 0 Å². The van der Waals surface area contributed by atoms with Crippen LogP contribution in [0.1, 0.15) is 50.0 Å². The standard InChI is InChI=1S/C23H32N4O4/c1-2-17-5-6-19(30-17)15-26-10-7-23(8-11-26)22-24-9-12-27(22)16-20(31-23)21(28)25-14-18-4-3-13-29-18/h5-6,9,12,18,20H,2-4,7-8,10-11,13-16H2,1H3,(H,25,28)/t18-,20+/m0/s1. The van der Waals surface area contributed by atoms with Gasteiger partial charge in [-0.25, -0.2) is 4.98 Å². The van der Waals surface area contributed by atoms with E-state index in [1.54, 1.807) is 0 Å². The van der Waals surface area contributed by atoms with Crippen LogP contribution >= 0.6 is 0 Å². The molecular formula is C23H32N4O4. The maximum Gasteiger partial charge on any atom is 0.251 e. The van der Waals surface area contributed by atoms with Crippen LogP contribution in [-0.4, -0.2) is 58.8 Å². The molecule has 3 aliphatic rings. The van der Waals surface area contributed by atoms with Crippen LogP contribution < -0.4 is 5.32 Å². The lowest BCUT2D eigenvalue weighted by molar-refractivity contribution is -0.174. The molecule has 5 rings (SSSR count). The van der Waals surface area contributed by atoms with Crippen LogP contribution in [0.15, 0.2) is 28.9 Å². The molecule has 31 heavy (non-hydrogen) atoms. The van der Waals surface area contributed by atoms with Gasteiger partial charge in [0.05, 0.1) is 19.2 Å². The molecule has 3 aliphatic heterocycles. The Morgan fingerprint density at radius 2 is 2.13 bits per heavy atom. The molecule has 5 heterocycles. The van der Waals surface area contributed by atoms with Crippen LogP contribution in [0.25, 0.3) is 0 Å². The Balaban J connectivity index is 1.23. The number of amides is 1. The highest BCUT2D eigenvalue weighted by Crippen LogP contribution is 2.40. The van der Waals surface area contributed by atoms with E-state index in [0.717, 1.165) is 75.7 Å². The molecule has 0 saturated carbocycles. The number of likely N-dealkylation sites (tertiary alicyclic amines) is 1. The molecule has 0 unspecified atom stereocenters. The summed E-state index contributed by atoms with van der Waals surface area (Å²) in [5.74, 6) is 2.92. The second-order valence-corrected chi connectivity index (χ2v) is 8.88. The van der Waals surface area contributed by atoms with Gasteiger partial charge in [-0.05, 0) is 37.8 Å². The molecule has 0 aromatic carbocycles. The first-order chi connectivity index (χ1) is 15.1. The van der Waals surface area contributed by atoms with Gasteiger partial charge in [-0.2, -0.15) is 0 Å². The van der Waals surface area contributed by atoms with Crippen molar-refractivity contribution in [2.75, 3.05) is 26.2 Å². The maximum absolute atomic E-state index is 12.9. The molecule has 8 nitrogen and oxygen atoms in total. The third-order valence-corrected chi connectivity index (χ3v) is 6.78. The molecule has 2 aromatic rings. The molecule has 0 aliphatic carbocycles. The number of hydrogen-bond acceptors (Lipinski definition) is 6. The summed E-state index contributed by atoms with van der Waals surface area (Å²) in [6.07, 6.45) is 7.99. The predicted molar refractivity (Wildman–Crippen MR) is 113 cm³/mol. The van der Waals surface area contributed by atoms with Crippen molar-refractivity contribution in [3.8, 4) is 0 Å². The summed E-state index contributed by atoms with van der Waals surface area (Å²) in [5, 5.41) is 3.04. The van der Waals surface area contributed by atoms with E-state index in [2.05, 4.69) is 38.8 Å². The van der Waals surface area contributed by atoms with Gasteiger partial charge in [0.1, 0.15) is 22.9 Å². The fourth-order valence-electron chi connectivity index (χ4n) is 5.00. The van der Waals surface area contributed by atoms with Gasteiger partial charge in [0.2, 0.25) is 0 Å². The van der Waals surface area contributed by atoms with E-state index in [1.807, 2.05) is 12.4 Å². The second-order valence-electron chi connectivity index (χ2n) is 8.88.